The van der Waals surface area contributed by atoms with Gasteiger partial charge in [0.2, 0.25) is 11.9 Å². The number of sulfone groups is 1. The van der Waals surface area contributed by atoms with Crippen molar-refractivity contribution in [1.82, 2.24) is 19.9 Å². The van der Waals surface area contributed by atoms with E-state index in [4.69, 9.17) is 20.4 Å². The largest absolute Gasteiger partial charge is 0.468 e. The summed E-state index contributed by atoms with van der Waals surface area (Å²) < 4.78 is 32.7. The van der Waals surface area contributed by atoms with Crippen LogP contribution < -0.4 is 20.7 Å². The minimum absolute atomic E-state index is 0.225. The SMILES string of the molecule is Cc1cc2c(cc1C1CCN(CC(N)=O)CC1)OC(C)N2c1nc(Nc2ccccc2S(=O)(=O)C(C)C)c2c(C)c[nH]c2n1. The van der Waals surface area contributed by atoms with Crippen LogP contribution in [0.1, 0.15) is 56.2 Å². The van der Waals surface area contributed by atoms with Crippen molar-refractivity contribution in [3.63, 3.8) is 0 Å². The highest BCUT2D eigenvalue weighted by Gasteiger charge is 2.34. The second kappa shape index (κ2) is 11.4. The number of ether oxygens (including phenoxy) is 1. The highest BCUT2D eigenvalue weighted by Crippen LogP contribution is 2.46. The molecule has 11 nitrogen and oxygen atoms in total. The summed E-state index contributed by atoms with van der Waals surface area (Å²) in [6.45, 7) is 11.3. The fourth-order valence-electron chi connectivity index (χ4n) is 6.31. The molecule has 1 fully saturated rings. The first-order chi connectivity index (χ1) is 20.9. The molecule has 0 spiro atoms. The van der Waals surface area contributed by atoms with Gasteiger partial charge in [0, 0.05) is 6.20 Å². The van der Waals surface area contributed by atoms with Crippen molar-refractivity contribution in [2.75, 3.05) is 29.9 Å². The van der Waals surface area contributed by atoms with Gasteiger partial charge in [0.15, 0.2) is 16.1 Å². The van der Waals surface area contributed by atoms with Gasteiger partial charge in [0.25, 0.3) is 0 Å². The fraction of sp³-hybridized carbons (Fsp3) is 0.406. The van der Waals surface area contributed by atoms with Gasteiger partial charge in [-0.05, 0) is 107 Å². The molecule has 2 aromatic heterocycles. The van der Waals surface area contributed by atoms with Crippen molar-refractivity contribution < 1.29 is 17.9 Å². The van der Waals surface area contributed by atoms with Crippen molar-refractivity contribution in [3.05, 3.63) is 59.3 Å². The van der Waals surface area contributed by atoms with Gasteiger partial charge >= 0.3 is 0 Å². The number of piperidine rings is 1. The second-order valence-corrected chi connectivity index (χ2v) is 14.5. The van der Waals surface area contributed by atoms with Crippen LogP contribution in [0.5, 0.6) is 5.75 Å². The highest BCUT2D eigenvalue weighted by molar-refractivity contribution is 7.92. The molecule has 12 heteroatoms. The number of aromatic nitrogens is 3. The first-order valence-corrected chi connectivity index (χ1v) is 16.6. The van der Waals surface area contributed by atoms with E-state index in [2.05, 4.69) is 34.3 Å². The third-order valence-corrected chi connectivity index (χ3v) is 10.9. The molecule has 0 bridgehead atoms. The van der Waals surface area contributed by atoms with Gasteiger partial charge in [0.05, 0.1) is 33.5 Å². The lowest BCUT2D eigenvalue weighted by Crippen LogP contribution is -2.39. The first kappa shape index (κ1) is 29.9. The Balaban J connectivity index is 1.36. The number of para-hydroxylation sites is 1. The second-order valence-electron chi connectivity index (χ2n) is 12.1. The maximum atomic E-state index is 13.2. The summed E-state index contributed by atoms with van der Waals surface area (Å²) in [4.78, 5) is 28.8. The van der Waals surface area contributed by atoms with Crippen LogP contribution in [0.2, 0.25) is 0 Å². The topological polar surface area (TPSA) is 147 Å². The normalized spacial score (nSPS) is 17.7. The highest BCUT2D eigenvalue weighted by atomic mass is 32.2. The molecular formula is C32H39N7O4S. The predicted molar refractivity (Wildman–Crippen MR) is 172 cm³/mol. The molecule has 1 atom stereocenters. The van der Waals surface area contributed by atoms with Crippen molar-refractivity contribution in [3.8, 4) is 5.75 Å². The molecule has 44 heavy (non-hydrogen) atoms. The van der Waals surface area contributed by atoms with E-state index >= 15 is 0 Å². The molecule has 6 rings (SSSR count). The van der Waals surface area contributed by atoms with Gasteiger partial charge in [-0.2, -0.15) is 9.97 Å². The molecule has 4 aromatic rings. The number of anilines is 4. The Morgan fingerprint density at radius 2 is 1.86 bits per heavy atom. The zero-order valence-corrected chi connectivity index (χ0v) is 26.5. The molecule has 2 aromatic carbocycles. The number of amides is 1. The van der Waals surface area contributed by atoms with E-state index in [0.717, 1.165) is 53.9 Å². The Hall–Kier alpha value is -4.16. The number of fused-ring (bicyclic) bond motifs is 2. The van der Waals surface area contributed by atoms with Crippen molar-refractivity contribution in [2.45, 2.75) is 69.8 Å². The zero-order chi connectivity index (χ0) is 31.3. The van der Waals surface area contributed by atoms with Crippen molar-refractivity contribution in [1.29, 1.82) is 0 Å². The summed E-state index contributed by atoms with van der Waals surface area (Å²) >= 11 is 0. The number of benzene rings is 2. The number of carbonyl (C=O) groups is 1. The maximum Gasteiger partial charge on any atom is 0.237 e. The summed E-state index contributed by atoms with van der Waals surface area (Å²) in [5, 5.41) is 3.55. The Bertz CT molecular complexity index is 1840. The molecule has 0 saturated carbocycles. The van der Waals surface area contributed by atoms with E-state index in [1.54, 1.807) is 38.1 Å². The van der Waals surface area contributed by atoms with E-state index in [0.29, 0.717) is 35.6 Å². The summed E-state index contributed by atoms with van der Waals surface area (Å²) in [6, 6.07) is 11.2. The summed E-state index contributed by atoms with van der Waals surface area (Å²) in [7, 11) is -3.55. The third kappa shape index (κ3) is 5.36. The standard InChI is InChI=1S/C32H39N7O4S/c1-18(2)44(41,42)27-9-7-6-8-24(27)35-31-29-20(4)16-34-30(29)36-32(37-31)39-21(5)43-26-15-23(19(3)14-25(26)39)22-10-12-38(13-11-22)17-28(33)40/h6-9,14-16,18,21-22H,10-13,17H2,1-5H3,(H2,33,40)(H2,34,35,36,37). The van der Waals surface area contributed by atoms with Crippen LogP contribution in [0.3, 0.4) is 0 Å². The van der Waals surface area contributed by atoms with Crippen LogP contribution in [0.25, 0.3) is 11.0 Å². The van der Waals surface area contributed by atoms with Gasteiger partial charge in [0.1, 0.15) is 17.2 Å². The number of H-pyrrole nitrogens is 1. The first-order valence-electron chi connectivity index (χ1n) is 15.0. The number of hydrogen-bond acceptors (Lipinski definition) is 9. The number of rotatable bonds is 8. The number of nitrogens with two attached hydrogens (primary N) is 1. The van der Waals surface area contributed by atoms with Crippen LogP contribution in [-0.2, 0) is 14.6 Å². The minimum atomic E-state index is -3.55. The number of aryl methyl sites for hydroxylation is 2. The molecule has 2 aliphatic rings. The molecule has 4 N–H and O–H groups in total. The average Bonchev–Trinajstić information content (AvgIpc) is 3.51. The number of carbonyl (C=O) groups excluding carboxylic acids is 1. The molecule has 0 aliphatic carbocycles. The van der Waals surface area contributed by atoms with Crippen LogP contribution in [0.4, 0.5) is 23.1 Å². The van der Waals surface area contributed by atoms with Gasteiger partial charge in [-0.15, -0.1) is 0 Å². The van der Waals surface area contributed by atoms with Crippen molar-refractivity contribution >= 4 is 49.9 Å². The molecule has 1 amide bonds. The fourth-order valence-corrected chi connectivity index (χ4v) is 7.51. The number of aromatic amines is 1. The Morgan fingerprint density at radius 3 is 2.57 bits per heavy atom. The van der Waals surface area contributed by atoms with Crippen LogP contribution >= 0.6 is 0 Å². The van der Waals surface area contributed by atoms with Gasteiger partial charge in [-0.3, -0.25) is 14.6 Å². The number of likely N-dealkylation sites (tertiary alicyclic amines) is 1. The lowest BCUT2D eigenvalue weighted by Gasteiger charge is -2.32. The molecule has 1 saturated heterocycles. The lowest BCUT2D eigenvalue weighted by molar-refractivity contribution is -0.119. The molecule has 1 unspecified atom stereocenters. The molecule has 0 radical (unpaired) electrons. The third-order valence-electron chi connectivity index (χ3n) is 8.67. The molecular weight excluding hydrogens is 578 g/mol. The maximum absolute atomic E-state index is 13.2. The predicted octanol–water partition coefficient (Wildman–Crippen LogP) is 5.04. The van der Waals surface area contributed by atoms with Gasteiger partial charge < -0.3 is 20.8 Å². The molecule has 4 heterocycles. The van der Waals surface area contributed by atoms with E-state index in [9.17, 15) is 13.2 Å². The van der Waals surface area contributed by atoms with E-state index in [1.807, 2.05) is 24.9 Å². The Kier molecular flexibility index (Phi) is 7.75. The minimum Gasteiger partial charge on any atom is -0.468 e. The van der Waals surface area contributed by atoms with Gasteiger partial charge in [-0.25, -0.2) is 8.42 Å². The number of primary amides is 1. The Labute approximate surface area is 257 Å². The molecule has 232 valence electrons. The number of nitrogens with zero attached hydrogens (tertiary/aromatic N) is 4. The lowest BCUT2D eigenvalue weighted by atomic mass is 9.86. The summed E-state index contributed by atoms with van der Waals surface area (Å²) in [5.41, 5.74) is 10.7. The van der Waals surface area contributed by atoms with Crippen LogP contribution in [0.15, 0.2) is 47.5 Å². The van der Waals surface area contributed by atoms with E-state index in [-0.39, 0.29) is 17.0 Å². The summed E-state index contributed by atoms with van der Waals surface area (Å²) in [5.74, 6) is 1.78. The van der Waals surface area contributed by atoms with Crippen LogP contribution in [-0.4, -0.2) is 65.3 Å². The summed E-state index contributed by atoms with van der Waals surface area (Å²) in [6.07, 6.45) is 3.39. The molecule has 2 aliphatic heterocycles. The monoisotopic (exact) mass is 617 g/mol. The van der Waals surface area contributed by atoms with E-state index < -0.39 is 15.1 Å². The Morgan fingerprint density at radius 1 is 1.14 bits per heavy atom. The van der Waals surface area contributed by atoms with Crippen LogP contribution in [0, 0.1) is 13.8 Å². The van der Waals surface area contributed by atoms with Crippen molar-refractivity contribution in [2.24, 2.45) is 5.73 Å². The number of hydrogen-bond donors (Lipinski definition) is 3. The average molecular weight is 618 g/mol. The zero-order valence-electron chi connectivity index (χ0n) is 25.7. The smallest absolute Gasteiger partial charge is 0.237 e. The van der Waals surface area contributed by atoms with E-state index in [1.165, 1.54) is 5.56 Å². The van der Waals surface area contributed by atoms with Gasteiger partial charge in [-0.1, -0.05) is 12.1 Å². The number of nitrogens with one attached hydrogen (secondary N) is 2. The quantitative estimate of drug-likeness (QED) is 0.247.